The maximum Gasteiger partial charge on any atom is 0.418 e. The number of hydrogen-bond acceptors (Lipinski definition) is 7. The van der Waals surface area contributed by atoms with Crippen LogP contribution in [0.3, 0.4) is 0 Å². The van der Waals surface area contributed by atoms with Gasteiger partial charge >= 0.3 is 16.4 Å². The molecule has 3 rings (SSSR count). The summed E-state index contributed by atoms with van der Waals surface area (Å²) in [6.07, 6.45) is 2.28. The van der Waals surface area contributed by atoms with Gasteiger partial charge in [0.05, 0.1) is 12.6 Å². The van der Waals surface area contributed by atoms with Crippen molar-refractivity contribution >= 4 is 22.3 Å². The standard InChI is InChI=1S/C13H22N4O7S/c1-14-4-5-23-15-11(18)6-9-7-13(2-3-13)10-8-16(9)12(19)17(10)24-25(20,21)22/h9-10,14H,2-8H2,1H3,(H,15,18)(H,20,21,22). The van der Waals surface area contributed by atoms with Crippen molar-refractivity contribution in [1.82, 2.24) is 20.8 Å². The van der Waals surface area contributed by atoms with Crippen LogP contribution in [0.25, 0.3) is 0 Å². The van der Waals surface area contributed by atoms with Gasteiger partial charge in [-0.15, -0.1) is 4.28 Å². The predicted molar refractivity (Wildman–Crippen MR) is 83.1 cm³/mol. The molecule has 2 atom stereocenters. The second kappa shape index (κ2) is 6.68. The lowest BCUT2D eigenvalue weighted by atomic mass is 9.84. The highest BCUT2D eigenvalue weighted by atomic mass is 32.3. The number of hydroxylamine groups is 3. The largest absolute Gasteiger partial charge is 0.418 e. The minimum atomic E-state index is -4.79. The molecule has 2 saturated heterocycles. The van der Waals surface area contributed by atoms with Crippen molar-refractivity contribution in [2.45, 2.75) is 37.8 Å². The van der Waals surface area contributed by atoms with Crippen LogP contribution in [-0.2, 0) is 24.3 Å². The van der Waals surface area contributed by atoms with Crippen LogP contribution < -0.4 is 10.8 Å². The van der Waals surface area contributed by atoms with E-state index in [9.17, 15) is 18.0 Å². The third-order valence-electron chi connectivity index (χ3n) is 5.00. The highest BCUT2D eigenvalue weighted by Gasteiger charge is 2.63. The van der Waals surface area contributed by atoms with Crippen molar-refractivity contribution in [3.05, 3.63) is 0 Å². The van der Waals surface area contributed by atoms with Gasteiger partial charge < -0.3 is 10.2 Å². The van der Waals surface area contributed by atoms with Crippen LogP contribution in [0.5, 0.6) is 0 Å². The monoisotopic (exact) mass is 378 g/mol. The predicted octanol–water partition coefficient (Wildman–Crippen LogP) is -0.963. The van der Waals surface area contributed by atoms with Gasteiger partial charge in [-0.05, 0) is 31.7 Å². The summed E-state index contributed by atoms with van der Waals surface area (Å²) in [7, 11) is -3.02. The first kappa shape index (κ1) is 18.3. The average molecular weight is 378 g/mol. The number of hydrogen-bond donors (Lipinski definition) is 3. The molecule has 2 heterocycles. The van der Waals surface area contributed by atoms with Crippen molar-refractivity contribution < 1.29 is 31.7 Å². The zero-order valence-corrected chi connectivity index (χ0v) is 14.6. The number of amides is 3. The lowest BCUT2D eigenvalue weighted by molar-refractivity contribution is -0.134. The first-order valence-electron chi connectivity index (χ1n) is 8.08. The topological polar surface area (TPSA) is 138 Å². The van der Waals surface area contributed by atoms with Gasteiger partial charge in [-0.2, -0.15) is 13.5 Å². The van der Waals surface area contributed by atoms with E-state index in [1.807, 2.05) is 0 Å². The minimum absolute atomic E-state index is 0.0550. The number of piperidine rings is 1. The normalized spacial score (nSPS) is 27.0. The lowest BCUT2D eigenvalue weighted by Gasteiger charge is -2.36. The first-order chi connectivity index (χ1) is 11.8. The molecule has 2 unspecified atom stereocenters. The number of fused-ring (bicyclic) bond motifs is 3. The fourth-order valence-electron chi connectivity index (χ4n) is 3.67. The van der Waals surface area contributed by atoms with E-state index in [0.717, 1.165) is 17.9 Å². The van der Waals surface area contributed by atoms with Crippen molar-refractivity contribution in [2.75, 3.05) is 26.7 Å². The molecule has 3 N–H and O–H groups in total. The van der Waals surface area contributed by atoms with E-state index in [1.165, 1.54) is 4.90 Å². The smallest absolute Gasteiger partial charge is 0.317 e. The molecule has 0 aromatic rings. The summed E-state index contributed by atoms with van der Waals surface area (Å²) >= 11 is 0. The summed E-state index contributed by atoms with van der Waals surface area (Å²) in [5.41, 5.74) is 2.08. The summed E-state index contributed by atoms with van der Waals surface area (Å²) in [4.78, 5) is 30.9. The Morgan fingerprint density at radius 2 is 2.16 bits per heavy atom. The second-order valence-corrected chi connectivity index (χ2v) is 7.69. The maximum atomic E-state index is 12.5. The van der Waals surface area contributed by atoms with Gasteiger partial charge in [-0.3, -0.25) is 14.2 Å². The molecular formula is C13H22N4O7S. The van der Waals surface area contributed by atoms with Crippen molar-refractivity contribution in [1.29, 1.82) is 0 Å². The Hall–Kier alpha value is -1.47. The molecule has 3 fully saturated rings. The molecule has 1 aliphatic carbocycles. The van der Waals surface area contributed by atoms with E-state index in [4.69, 9.17) is 9.39 Å². The summed E-state index contributed by atoms with van der Waals surface area (Å²) < 4.78 is 35.4. The number of nitrogens with zero attached hydrogens (tertiary/aromatic N) is 2. The number of rotatable bonds is 8. The van der Waals surface area contributed by atoms with Gasteiger partial charge in [0.2, 0.25) is 5.91 Å². The van der Waals surface area contributed by atoms with E-state index in [0.29, 0.717) is 19.6 Å². The van der Waals surface area contributed by atoms with Crippen LogP contribution in [0.2, 0.25) is 0 Å². The molecule has 0 aromatic carbocycles. The maximum absolute atomic E-state index is 12.5. The molecule has 0 radical (unpaired) electrons. The van der Waals surface area contributed by atoms with Crippen LogP contribution in [0.1, 0.15) is 25.7 Å². The summed E-state index contributed by atoms with van der Waals surface area (Å²) in [6.45, 7) is 1.17. The van der Waals surface area contributed by atoms with Crippen LogP contribution in [-0.4, -0.2) is 73.7 Å². The van der Waals surface area contributed by atoms with E-state index in [2.05, 4.69) is 15.1 Å². The summed E-state index contributed by atoms with van der Waals surface area (Å²) in [6, 6.07) is -1.46. The molecule has 25 heavy (non-hydrogen) atoms. The van der Waals surface area contributed by atoms with Crippen LogP contribution >= 0.6 is 0 Å². The van der Waals surface area contributed by atoms with E-state index in [1.54, 1.807) is 7.05 Å². The Balaban J connectivity index is 1.64. The molecule has 2 aliphatic heterocycles. The van der Waals surface area contributed by atoms with Gasteiger partial charge in [0.25, 0.3) is 0 Å². The molecule has 1 spiro atoms. The Bertz CT molecular complexity index is 651. The molecule has 11 nitrogen and oxygen atoms in total. The van der Waals surface area contributed by atoms with Gasteiger partial charge in [0, 0.05) is 25.6 Å². The fraction of sp³-hybridized carbons (Fsp3) is 0.846. The third-order valence-corrected chi connectivity index (χ3v) is 5.35. The van der Waals surface area contributed by atoms with Crippen molar-refractivity contribution in [3.63, 3.8) is 0 Å². The molecule has 3 amide bonds. The van der Waals surface area contributed by atoms with Crippen molar-refractivity contribution in [3.8, 4) is 0 Å². The highest BCUT2D eigenvalue weighted by molar-refractivity contribution is 7.80. The molecule has 1 saturated carbocycles. The number of urea groups is 1. The Labute approximate surface area is 145 Å². The quantitative estimate of drug-likeness (QED) is 0.279. The van der Waals surface area contributed by atoms with Gasteiger partial charge in [0.15, 0.2) is 0 Å². The van der Waals surface area contributed by atoms with Gasteiger partial charge in [-0.25, -0.2) is 10.3 Å². The SMILES string of the molecule is CNCCONC(=O)CC1CC2(CC2)C2CN1C(=O)N2OS(=O)(=O)O. The highest BCUT2D eigenvalue weighted by Crippen LogP contribution is 2.59. The molecule has 2 bridgehead atoms. The van der Waals surface area contributed by atoms with Gasteiger partial charge in [0.1, 0.15) is 0 Å². The Morgan fingerprint density at radius 3 is 2.76 bits per heavy atom. The summed E-state index contributed by atoms with van der Waals surface area (Å²) in [5, 5.41) is 3.61. The second-order valence-electron chi connectivity index (χ2n) is 6.68. The molecule has 12 heteroatoms. The number of carbonyl (C=O) groups excluding carboxylic acids is 2. The summed E-state index contributed by atoms with van der Waals surface area (Å²) in [5.74, 6) is -0.350. The molecule has 142 valence electrons. The van der Waals surface area contributed by atoms with Crippen LogP contribution in [0, 0.1) is 5.41 Å². The Kier molecular flexibility index (Phi) is 4.90. The van der Waals surface area contributed by atoms with E-state index in [-0.39, 0.29) is 30.3 Å². The average Bonchev–Trinajstić information content (AvgIpc) is 3.22. The third kappa shape index (κ3) is 3.87. The van der Waals surface area contributed by atoms with E-state index < -0.39 is 22.5 Å². The minimum Gasteiger partial charge on any atom is -0.317 e. The first-order valence-corrected chi connectivity index (χ1v) is 9.44. The fourth-order valence-corrected chi connectivity index (χ4v) is 4.04. The van der Waals surface area contributed by atoms with Crippen LogP contribution in [0.4, 0.5) is 4.79 Å². The lowest BCUT2D eigenvalue weighted by Crippen LogP contribution is -2.47. The zero-order valence-electron chi connectivity index (χ0n) is 13.8. The number of nitrogens with one attached hydrogen (secondary N) is 2. The zero-order chi connectivity index (χ0) is 18.2. The number of likely N-dealkylation sites (N-methyl/N-ethyl adjacent to an activating group) is 1. The van der Waals surface area contributed by atoms with Crippen molar-refractivity contribution in [2.24, 2.45) is 5.41 Å². The number of carbonyl (C=O) groups is 2. The molecular weight excluding hydrogens is 356 g/mol. The van der Waals surface area contributed by atoms with Gasteiger partial charge in [-0.1, -0.05) is 0 Å². The van der Waals surface area contributed by atoms with E-state index >= 15 is 0 Å². The molecule has 3 aliphatic rings. The van der Waals surface area contributed by atoms with Crippen LogP contribution in [0.15, 0.2) is 0 Å². The molecule has 0 aromatic heterocycles. The Morgan fingerprint density at radius 1 is 1.44 bits per heavy atom.